The number of hydrogen-bond donors (Lipinski definition) is 2. The number of anilines is 3. The van der Waals surface area contributed by atoms with E-state index in [1.54, 1.807) is 32.4 Å². The van der Waals surface area contributed by atoms with E-state index in [0.29, 0.717) is 26.7 Å². The van der Waals surface area contributed by atoms with Crippen molar-refractivity contribution in [2.75, 3.05) is 24.9 Å². The second kappa shape index (κ2) is 9.95. The average molecular weight is 495 g/mol. The Morgan fingerprint density at radius 2 is 2.00 bits per heavy atom. The van der Waals surface area contributed by atoms with E-state index < -0.39 is 0 Å². The van der Waals surface area contributed by atoms with E-state index in [1.165, 1.54) is 23.1 Å². The fourth-order valence-electron chi connectivity index (χ4n) is 2.35. The van der Waals surface area contributed by atoms with Crippen LogP contribution in [0.4, 0.5) is 16.5 Å². The fraction of sp³-hybridized carbons (Fsp3) is 0.211. The molecule has 0 bridgehead atoms. The third-order valence-electron chi connectivity index (χ3n) is 3.79. The maximum absolute atomic E-state index is 12.6. The summed E-state index contributed by atoms with van der Waals surface area (Å²) in [7, 11) is 3.12. The molecule has 3 rings (SSSR count). The van der Waals surface area contributed by atoms with Gasteiger partial charge in [0.1, 0.15) is 11.5 Å². The third-order valence-corrected chi connectivity index (χ3v) is 6.31. The second-order valence-electron chi connectivity index (χ2n) is 5.82. The monoisotopic (exact) mass is 494 g/mol. The summed E-state index contributed by atoms with van der Waals surface area (Å²) in [5.41, 5.74) is 1.46. The number of hydrogen-bond acceptors (Lipinski definition) is 8. The zero-order valence-corrected chi connectivity index (χ0v) is 19.2. The molecule has 1 unspecified atom stereocenters. The van der Waals surface area contributed by atoms with E-state index in [4.69, 9.17) is 9.47 Å². The highest BCUT2D eigenvalue weighted by Crippen LogP contribution is 2.33. The largest absolute Gasteiger partial charge is 0.497 e. The van der Waals surface area contributed by atoms with Gasteiger partial charge in [-0.1, -0.05) is 45.1 Å². The van der Waals surface area contributed by atoms with Crippen molar-refractivity contribution < 1.29 is 14.3 Å². The molecule has 0 saturated carbocycles. The molecule has 3 aromatic rings. The zero-order valence-electron chi connectivity index (χ0n) is 15.9. The van der Waals surface area contributed by atoms with Crippen LogP contribution >= 0.6 is 39.0 Å². The van der Waals surface area contributed by atoms with Crippen LogP contribution in [0.15, 0.2) is 51.3 Å². The molecule has 7 nitrogen and oxygen atoms in total. The maximum Gasteiger partial charge on any atom is 0.237 e. The van der Waals surface area contributed by atoms with Gasteiger partial charge in [-0.2, -0.15) is 0 Å². The Bertz CT molecular complexity index is 999. The Morgan fingerprint density at radius 1 is 1.17 bits per heavy atom. The first-order valence-corrected chi connectivity index (χ1v) is 11.0. The van der Waals surface area contributed by atoms with Gasteiger partial charge in [-0.3, -0.25) is 4.79 Å². The third kappa shape index (κ3) is 5.84. The van der Waals surface area contributed by atoms with Crippen LogP contribution in [0.1, 0.15) is 6.92 Å². The second-order valence-corrected chi connectivity index (χ2v) is 9.31. The van der Waals surface area contributed by atoms with Crippen LogP contribution in [-0.4, -0.2) is 35.6 Å². The van der Waals surface area contributed by atoms with Crippen molar-refractivity contribution in [3.8, 4) is 11.5 Å². The number of thioether (sulfide) groups is 1. The van der Waals surface area contributed by atoms with Gasteiger partial charge in [-0.15, -0.1) is 10.2 Å². The summed E-state index contributed by atoms with van der Waals surface area (Å²) < 4.78 is 12.2. The van der Waals surface area contributed by atoms with Gasteiger partial charge in [0.2, 0.25) is 11.0 Å². The van der Waals surface area contributed by atoms with Crippen LogP contribution in [-0.2, 0) is 4.79 Å². The van der Waals surface area contributed by atoms with Crippen molar-refractivity contribution in [2.45, 2.75) is 16.5 Å². The predicted molar refractivity (Wildman–Crippen MR) is 121 cm³/mol. The summed E-state index contributed by atoms with van der Waals surface area (Å²) in [5.74, 6) is 1.03. The van der Waals surface area contributed by atoms with Crippen LogP contribution in [0.25, 0.3) is 0 Å². The van der Waals surface area contributed by atoms with E-state index in [2.05, 4.69) is 36.8 Å². The molecule has 152 valence electrons. The topological polar surface area (TPSA) is 85.4 Å². The molecule has 0 aliphatic heterocycles. The molecule has 0 fully saturated rings. The standard InChI is InChI=1S/C19H19BrN4O3S2/c1-11(17(25)22-15-10-14(26-2)7-8-16(15)27-3)28-19-24-23-18(29-19)21-13-6-4-5-12(20)9-13/h4-11H,1-3H3,(H,21,23)(H,22,25). The number of aromatic nitrogens is 2. The molecule has 1 atom stereocenters. The first-order chi connectivity index (χ1) is 14.0. The minimum Gasteiger partial charge on any atom is -0.497 e. The lowest BCUT2D eigenvalue weighted by atomic mass is 10.2. The van der Waals surface area contributed by atoms with E-state index in [0.717, 1.165) is 10.2 Å². The van der Waals surface area contributed by atoms with Gasteiger partial charge in [0.25, 0.3) is 0 Å². The van der Waals surface area contributed by atoms with Gasteiger partial charge in [-0.25, -0.2) is 0 Å². The van der Waals surface area contributed by atoms with E-state index in [1.807, 2.05) is 31.2 Å². The number of carbonyl (C=O) groups is 1. The number of rotatable bonds is 8. The summed E-state index contributed by atoms with van der Waals surface area (Å²) in [5, 5.41) is 14.7. The van der Waals surface area contributed by atoms with Crippen molar-refractivity contribution in [3.63, 3.8) is 0 Å². The Balaban J connectivity index is 1.62. The van der Waals surface area contributed by atoms with Crippen molar-refractivity contribution in [1.82, 2.24) is 10.2 Å². The normalized spacial score (nSPS) is 11.6. The lowest BCUT2D eigenvalue weighted by molar-refractivity contribution is -0.115. The van der Waals surface area contributed by atoms with Crippen LogP contribution in [0.2, 0.25) is 0 Å². The molecule has 2 N–H and O–H groups in total. The number of benzene rings is 2. The number of amides is 1. The van der Waals surface area contributed by atoms with Crippen molar-refractivity contribution in [1.29, 1.82) is 0 Å². The molecule has 29 heavy (non-hydrogen) atoms. The highest BCUT2D eigenvalue weighted by molar-refractivity contribution is 9.10. The molecule has 1 amide bonds. The molecule has 0 aliphatic carbocycles. The number of nitrogens with zero attached hydrogens (tertiary/aromatic N) is 2. The maximum atomic E-state index is 12.6. The Labute approximate surface area is 185 Å². The van der Waals surface area contributed by atoms with Gasteiger partial charge < -0.3 is 20.1 Å². The highest BCUT2D eigenvalue weighted by Gasteiger charge is 2.19. The molecule has 0 radical (unpaired) electrons. The minimum absolute atomic E-state index is 0.168. The molecular weight excluding hydrogens is 476 g/mol. The molecule has 0 aliphatic rings. The van der Waals surface area contributed by atoms with Gasteiger partial charge in [0.15, 0.2) is 4.34 Å². The SMILES string of the molecule is COc1ccc(OC)c(NC(=O)C(C)Sc2nnc(Nc3cccc(Br)c3)s2)c1. The Hall–Kier alpha value is -2.30. The van der Waals surface area contributed by atoms with Gasteiger partial charge in [0.05, 0.1) is 25.2 Å². The average Bonchev–Trinajstić information content (AvgIpc) is 3.14. The van der Waals surface area contributed by atoms with Gasteiger partial charge in [-0.05, 0) is 37.3 Å². The highest BCUT2D eigenvalue weighted by atomic mass is 79.9. The summed E-state index contributed by atoms with van der Waals surface area (Å²) in [6.45, 7) is 1.81. The quantitative estimate of drug-likeness (QED) is 0.417. The first-order valence-electron chi connectivity index (χ1n) is 8.54. The van der Waals surface area contributed by atoms with E-state index in [9.17, 15) is 4.79 Å². The predicted octanol–water partition coefficient (Wildman–Crippen LogP) is 5.18. The molecule has 0 saturated heterocycles. The number of halogens is 1. The van der Waals surface area contributed by atoms with Crippen LogP contribution < -0.4 is 20.1 Å². The van der Waals surface area contributed by atoms with Crippen LogP contribution in [0, 0.1) is 0 Å². The molecular formula is C19H19BrN4O3S2. The van der Waals surface area contributed by atoms with Crippen molar-refractivity contribution >= 4 is 61.4 Å². The summed E-state index contributed by atoms with van der Waals surface area (Å²) in [6.07, 6.45) is 0. The minimum atomic E-state index is -0.377. The molecule has 0 spiro atoms. The van der Waals surface area contributed by atoms with E-state index in [-0.39, 0.29) is 11.2 Å². The number of carbonyl (C=O) groups excluding carboxylic acids is 1. The summed E-state index contributed by atoms with van der Waals surface area (Å²) >= 11 is 6.17. The summed E-state index contributed by atoms with van der Waals surface area (Å²) in [4.78, 5) is 12.6. The number of nitrogens with one attached hydrogen (secondary N) is 2. The Kier molecular flexibility index (Phi) is 7.34. The van der Waals surface area contributed by atoms with Crippen LogP contribution in [0.3, 0.4) is 0 Å². The number of ether oxygens (including phenoxy) is 2. The molecule has 10 heteroatoms. The van der Waals surface area contributed by atoms with Gasteiger partial charge in [0, 0.05) is 16.2 Å². The Morgan fingerprint density at radius 3 is 2.72 bits per heavy atom. The van der Waals surface area contributed by atoms with E-state index >= 15 is 0 Å². The van der Waals surface area contributed by atoms with Crippen molar-refractivity contribution in [3.05, 3.63) is 46.9 Å². The lowest BCUT2D eigenvalue weighted by Gasteiger charge is -2.14. The van der Waals surface area contributed by atoms with Gasteiger partial charge >= 0.3 is 0 Å². The number of methoxy groups -OCH3 is 2. The molecule has 1 aromatic heterocycles. The van der Waals surface area contributed by atoms with Crippen LogP contribution in [0.5, 0.6) is 11.5 Å². The zero-order chi connectivity index (χ0) is 20.8. The first kappa shape index (κ1) is 21.4. The molecule has 2 aromatic carbocycles. The smallest absolute Gasteiger partial charge is 0.237 e. The lowest BCUT2D eigenvalue weighted by Crippen LogP contribution is -2.22. The summed E-state index contributed by atoms with van der Waals surface area (Å²) in [6, 6.07) is 13.0. The molecule has 1 heterocycles. The van der Waals surface area contributed by atoms with Crippen molar-refractivity contribution in [2.24, 2.45) is 0 Å². The fourth-order valence-corrected chi connectivity index (χ4v) is 4.66.